The molecule has 0 radical (unpaired) electrons. The summed E-state index contributed by atoms with van der Waals surface area (Å²) in [5.74, 6) is 0.343. The van der Waals surface area contributed by atoms with Gasteiger partial charge in [-0.15, -0.1) is 0 Å². The van der Waals surface area contributed by atoms with Crippen LogP contribution in [0.25, 0.3) is 0 Å². The summed E-state index contributed by atoms with van der Waals surface area (Å²) in [6.07, 6.45) is -1.29. The number of para-hydroxylation sites is 1. The molecular formula is C8H7NO3. The Bertz CT molecular complexity index is 256. The number of benzene rings is 1. The van der Waals surface area contributed by atoms with E-state index >= 15 is 0 Å². The minimum Gasteiger partial charge on any atom is -0.449 e. The van der Waals surface area contributed by atoms with Gasteiger partial charge in [0.15, 0.2) is 0 Å². The lowest BCUT2D eigenvalue weighted by molar-refractivity contribution is 0.144. The molecule has 1 aromatic carbocycles. The van der Waals surface area contributed by atoms with Crippen molar-refractivity contribution in [2.75, 3.05) is 0 Å². The Kier molecular flexibility index (Phi) is 4.77. The van der Waals surface area contributed by atoms with Crippen LogP contribution in [0, 0.1) is 11.8 Å². The molecule has 0 unspecified atom stereocenters. The average molecular weight is 165 g/mol. The molecule has 4 nitrogen and oxygen atoms in total. The van der Waals surface area contributed by atoms with E-state index in [1.54, 1.807) is 30.3 Å². The van der Waals surface area contributed by atoms with Gasteiger partial charge in [0.25, 0.3) is 0 Å². The Balaban J connectivity index is 0.000000561. The number of hydrogen-bond donors (Lipinski definition) is 1. The Morgan fingerprint density at radius 3 is 2.25 bits per heavy atom. The van der Waals surface area contributed by atoms with E-state index in [-0.39, 0.29) is 0 Å². The van der Waals surface area contributed by atoms with Gasteiger partial charge in [0.1, 0.15) is 5.75 Å². The minimum atomic E-state index is -1.29. The van der Waals surface area contributed by atoms with Gasteiger partial charge < -0.3 is 9.84 Å². The lowest BCUT2D eigenvalue weighted by Crippen LogP contribution is -2.02. The van der Waals surface area contributed by atoms with Gasteiger partial charge in [-0.25, -0.2) is 10.1 Å². The van der Waals surface area contributed by atoms with Crippen LogP contribution >= 0.6 is 0 Å². The summed E-state index contributed by atoms with van der Waals surface area (Å²) < 4.78 is 4.33. The van der Waals surface area contributed by atoms with E-state index in [0.717, 1.165) is 0 Å². The first-order valence-corrected chi connectivity index (χ1v) is 3.00. The van der Waals surface area contributed by atoms with Crippen LogP contribution in [-0.4, -0.2) is 11.3 Å². The van der Waals surface area contributed by atoms with Crippen molar-refractivity contribution >= 4 is 6.16 Å². The third kappa shape index (κ3) is 3.90. The molecule has 1 aromatic rings. The highest BCUT2D eigenvalue weighted by molar-refractivity contribution is 5.60. The van der Waals surface area contributed by atoms with E-state index in [4.69, 9.17) is 10.4 Å². The van der Waals surface area contributed by atoms with Crippen LogP contribution in [0.5, 0.6) is 5.75 Å². The molecule has 0 aliphatic carbocycles. The van der Waals surface area contributed by atoms with Crippen molar-refractivity contribution in [2.45, 2.75) is 0 Å². The van der Waals surface area contributed by atoms with Crippen LogP contribution in [0.15, 0.2) is 30.3 Å². The molecule has 0 atom stereocenters. The quantitative estimate of drug-likeness (QED) is 0.509. The van der Waals surface area contributed by atoms with Gasteiger partial charge in [-0.3, -0.25) is 0 Å². The number of carboxylic acid groups (broad SMARTS) is 1. The number of rotatable bonds is 1. The number of carbonyl (C=O) groups is 1. The number of nitrogens with zero attached hydrogens (tertiary/aromatic N) is 1. The maximum Gasteiger partial charge on any atom is 0.511 e. The van der Waals surface area contributed by atoms with Gasteiger partial charge in [0.2, 0.25) is 0 Å². The van der Waals surface area contributed by atoms with Crippen LogP contribution < -0.4 is 4.74 Å². The first kappa shape index (κ1) is 9.98. The highest BCUT2D eigenvalue weighted by Crippen LogP contribution is 2.07. The molecule has 0 spiro atoms. The van der Waals surface area contributed by atoms with Crippen molar-refractivity contribution in [3.63, 3.8) is 0 Å². The molecule has 12 heavy (non-hydrogen) atoms. The summed E-state index contributed by atoms with van der Waals surface area (Å²) in [6.45, 7) is 3.50. The fourth-order valence-corrected chi connectivity index (χ4v) is 0.589. The Labute approximate surface area is 69.6 Å². The van der Waals surface area contributed by atoms with Crippen molar-refractivity contribution < 1.29 is 14.6 Å². The summed E-state index contributed by atoms with van der Waals surface area (Å²) in [6, 6.07) is 8.35. The second-order valence-corrected chi connectivity index (χ2v) is 1.68. The highest BCUT2D eigenvalue weighted by Gasteiger charge is 1.96. The van der Waals surface area contributed by atoms with Gasteiger partial charge in [0.05, 0.1) is 0 Å². The maximum atomic E-state index is 9.95. The van der Waals surface area contributed by atoms with E-state index in [0.29, 0.717) is 5.75 Å². The van der Waals surface area contributed by atoms with E-state index in [9.17, 15) is 4.79 Å². The molecule has 62 valence electrons. The zero-order valence-corrected chi connectivity index (χ0v) is 6.18. The number of hydrogen-bond acceptors (Lipinski definition) is 3. The molecule has 0 saturated carbocycles. The standard InChI is InChI=1S/C7H6O3.CHN/c8-7(9)10-6-4-2-1-3-5-6;1-2/h1-5H,(H,8,9);1H. The highest BCUT2D eigenvalue weighted by atomic mass is 16.7. The molecule has 0 aromatic heterocycles. The van der Waals surface area contributed by atoms with Crippen LogP contribution in [0.3, 0.4) is 0 Å². The summed E-state index contributed by atoms with van der Waals surface area (Å²) >= 11 is 0. The SMILES string of the molecule is C#N.O=C(O)Oc1ccccc1. The number of nitriles is 1. The zero-order chi connectivity index (χ0) is 9.40. The average Bonchev–Trinajstić information content (AvgIpc) is 2.08. The molecule has 1 rings (SSSR count). The Hall–Kier alpha value is -2.02. The van der Waals surface area contributed by atoms with Gasteiger partial charge in [-0.2, -0.15) is 0 Å². The molecular weight excluding hydrogens is 158 g/mol. The summed E-state index contributed by atoms with van der Waals surface area (Å²) in [5, 5.41) is 14.6. The van der Waals surface area contributed by atoms with Gasteiger partial charge >= 0.3 is 6.16 Å². The third-order valence-electron chi connectivity index (χ3n) is 0.948. The number of ether oxygens (including phenoxy) is 1. The van der Waals surface area contributed by atoms with Crippen LogP contribution in [0.4, 0.5) is 4.79 Å². The van der Waals surface area contributed by atoms with E-state index < -0.39 is 6.16 Å². The van der Waals surface area contributed by atoms with Crippen molar-refractivity contribution in [3.05, 3.63) is 30.3 Å². The molecule has 0 aliphatic rings. The molecule has 0 aliphatic heterocycles. The molecule has 0 saturated heterocycles. The largest absolute Gasteiger partial charge is 0.511 e. The van der Waals surface area contributed by atoms with Crippen molar-refractivity contribution in [3.8, 4) is 12.3 Å². The Morgan fingerprint density at radius 1 is 1.33 bits per heavy atom. The van der Waals surface area contributed by atoms with Crippen molar-refractivity contribution in [1.29, 1.82) is 5.26 Å². The van der Waals surface area contributed by atoms with Gasteiger partial charge in [0, 0.05) is 6.57 Å². The summed E-state index contributed by atoms with van der Waals surface area (Å²) in [4.78, 5) is 9.95. The van der Waals surface area contributed by atoms with Crippen LogP contribution in [0.2, 0.25) is 0 Å². The van der Waals surface area contributed by atoms with Crippen molar-refractivity contribution in [2.24, 2.45) is 0 Å². The fraction of sp³-hybridized carbons (Fsp3) is 0. The minimum absolute atomic E-state index is 0.343. The van der Waals surface area contributed by atoms with Crippen LogP contribution in [-0.2, 0) is 0 Å². The monoisotopic (exact) mass is 165 g/mol. The van der Waals surface area contributed by atoms with Gasteiger partial charge in [-0.05, 0) is 12.1 Å². The lowest BCUT2D eigenvalue weighted by Gasteiger charge is -1.95. The first-order valence-electron chi connectivity index (χ1n) is 3.00. The smallest absolute Gasteiger partial charge is 0.449 e. The second-order valence-electron chi connectivity index (χ2n) is 1.68. The predicted octanol–water partition coefficient (Wildman–Crippen LogP) is 1.88. The summed E-state index contributed by atoms with van der Waals surface area (Å²) in [7, 11) is 0. The first-order chi connectivity index (χ1) is 5.79. The summed E-state index contributed by atoms with van der Waals surface area (Å²) in [5.41, 5.74) is 0. The molecule has 4 heteroatoms. The van der Waals surface area contributed by atoms with Gasteiger partial charge in [-0.1, -0.05) is 18.2 Å². The molecule has 0 fully saturated rings. The zero-order valence-electron chi connectivity index (χ0n) is 6.18. The molecule has 0 amide bonds. The van der Waals surface area contributed by atoms with Crippen molar-refractivity contribution in [1.82, 2.24) is 0 Å². The third-order valence-corrected chi connectivity index (χ3v) is 0.948. The molecule has 1 N–H and O–H groups in total. The van der Waals surface area contributed by atoms with Crippen LogP contribution in [0.1, 0.15) is 0 Å². The fourth-order valence-electron chi connectivity index (χ4n) is 0.589. The topological polar surface area (TPSA) is 70.3 Å². The normalized spacial score (nSPS) is 7.50. The maximum absolute atomic E-state index is 9.95. The molecule has 0 bridgehead atoms. The van der Waals surface area contributed by atoms with E-state index in [1.165, 1.54) is 0 Å². The predicted molar refractivity (Wildman–Crippen MR) is 41.8 cm³/mol. The van der Waals surface area contributed by atoms with E-state index in [1.807, 2.05) is 0 Å². The van der Waals surface area contributed by atoms with E-state index in [2.05, 4.69) is 11.3 Å². The molecule has 0 heterocycles. The lowest BCUT2D eigenvalue weighted by atomic mass is 10.3. The Morgan fingerprint density at radius 2 is 1.83 bits per heavy atom. The second kappa shape index (κ2) is 5.74.